The highest BCUT2D eigenvalue weighted by molar-refractivity contribution is 5.90. The Morgan fingerprint density at radius 2 is 2.14 bits per heavy atom. The van der Waals surface area contributed by atoms with Crippen LogP contribution in [0.5, 0.6) is 0 Å². The minimum atomic E-state index is -0.116. The van der Waals surface area contributed by atoms with E-state index in [9.17, 15) is 4.79 Å². The van der Waals surface area contributed by atoms with Crippen LogP contribution in [-0.2, 0) is 4.79 Å². The van der Waals surface area contributed by atoms with E-state index in [4.69, 9.17) is 5.26 Å². The van der Waals surface area contributed by atoms with Gasteiger partial charge in [-0.3, -0.25) is 4.79 Å². The molecule has 0 fully saturated rings. The fourth-order valence-corrected chi connectivity index (χ4v) is 1.69. The summed E-state index contributed by atoms with van der Waals surface area (Å²) in [7, 11) is 0. The maximum absolute atomic E-state index is 11.8. The predicted molar refractivity (Wildman–Crippen MR) is 79.7 cm³/mol. The van der Waals surface area contributed by atoms with Crippen molar-refractivity contribution in [2.45, 2.75) is 13.3 Å². The molecule has 0 saturated carbocycles. The van der Waals surface area contributed by atoms with Gasteiger partial charge in [-0.2, -0.15) is 5.26 Å². The molecule has 0 atom stereocenters. The van der Waals surface area contributed by atoms with Gasteiger partial charge in [0.2, 0.25) is 5.91 Å². The normalized spacial score (nSPS) is 9.71. The number of aryl methyl sites for hydroxylation is 1. The zero-order valence-corrected chi connectivity index (χ0v) is 11.6. The third-order valence-corrected chi connectivity index (χ3v) is 2.71. The molecular weight excluding hydrogens is 266 g/mol. The molecule has 2 heterocycles. The van der Waals surface area contributed by atoms with E-state index in [-0.39, 0.29) is 5.91 Å². The summed E-state index contributed by atoms with van der Waals surface area (Å²) in [6.45, 7) is 2.32. The average molecular weight is 281 g/mol. The molecule has 0 aliphatic carbocycles. The second-order valence-corrected chi connectivity index (χ2v) is 4.43. The summed E-state index contributed by atoms with van der Waals surface area (Å²) in [6, 6.07) is 10.8. The highest BCUT2D eigenvalue weighted by Crippen LogP contribution is 2.06. The number of carbonyl (C=O) groups is 1. The molecule has 0 aliphatic heterocycles. The number of amides is 1. The maximum atomic E-state index is 11.8. The van der Waals surface area contributed by atoms with Crippen LogP contribution in [0.4, 0.5) is 11.6 Å². The summed E-state index contributed by atoms with van der Waals surface area (Å²) < 4.78 is 0. The number of rotatable bonds is 5. The Labute approximate surface area is 122 Å². The van der Waals surface area contributed by atoms with E-state index in [1.54, 1.807) is 18.2 Å². The number of pyridine rings is 2. The lowest BCUT2D eigenvalue weighted by Crippen LogP contribution is -2.17. The molecule has 0 aromatic carbocycles. The summed E-state index contributed by atoms with van der Waals surface area (Å²) in [5, 5.41) is 14.4. The maximum Gasteiger partial charge on any atom is 0.227 e. The summed E-state index contributed by atoms with van der Waals surface area (Å²) in [5.41, 5.74) is 1.36. The van der Waals surface area contributed by atoms with Crippen LogP contribution < -0.4 is 10.6 Å². The Balaban J connectivity index is 1.77. The van der Waals surface area contributed by atoms with Crippen LogP contribution in [0.2, 0.25) is 0 Å². The molecule has 0 radical (unpaired) electrons. The smallest absolute Gasteiger partial charge is 0.227 e. The zero-order valence-electron chi connectivity index (χ0n) is 11.6. The quantitative estimate of drug-likeness (QED) is 0.875. The molecule has 0 unspecified atom stereocenters. The lowest BCUT2D eigenvalue weighted by molar-refractivity contribution is -0.116. The van der Waals surface area contributed by atoms with E-state index < -0.39 is 0 Å². The standard InChI is InChI=1S/C15H15N5O/c1-11-3-2-4-14(19-11)20-15(21)7-8-17-13-6-5-12(9-16)10-18-13/h2-6,10H,7-8H2,1H3,(H,17,18)(H,19,20,21). The minimum Gasteiger partial charge on any atom is -0.370 e. The first kappa shape index (κ1) is 14.5. The van der Waals surface area contributed by atoms with Crippen molar-refractivity contribution in [2.24, 2.45) is 0 Å². The van der Waals surface area contributed by atoms with Gasteiger partial charge in [0.1, 0.15) is 17.7 Å². The molecule has 21 heavy (non-hydrogen) atoms. The van der Waals surface area contributed by atoms with Crippen molar-refractivity contribution in [2.75, 3.05) is 17.2 Å². The van der Waals surface area contributed by atoms with Gasteiger partial charge in [0.15, 0.2) is 0 Å². The Kier molecular flexibility index (Phi) is 4.83. The zero-order chi connectivity index (χ0) is 15.1. The van der Waals surface area contributed by atoms with E-state index in [1.807, 2.05) is 25.1 Å². The molecule has 6 nitrogen and oxygen atoms in total. The number of nitriles is 1. The van der Waals surface area contributed by atoms with Crippen LogP contribution in [0.3, 0.4) is 0 Å². The van der Waals surface area contributed by atoms with Crippen LogP contribution >= 0.6 is 0 Å². The lowest BCUT2D eigenvalue weighted by Gasteiger charge is -2.07. The molecule has 1 amide bonds. The topological polar surface area (TPSA) is 90.7 Å². The van der Waals surface area contributed by atoms with E-state index >= 15 is 0 Å². The first-order chi connectivity index (χ1) is 10.2. The number of anilines is 2. The van der Waals surface area contributed by atoms with E-state index in [0.29, 0.717) is 30.2 Å². The average Bonchev–Trinajstić information content (AvgIpc) is 2.48. The number of hydrogen-bond donors (Lipinski definition) is 2. The molecular formula is C15H15N5O. The van der Waals surface area contributed by atoms with Gasteiger partial charge in [-0.1, -0.05) is 6.07 Å². The number of aromatic nitrogens is 2. The molecule has 0 saturated heterocycles. The number of nitrogens with zero attached hydrogens (tertiary/aromatic N) is 3. The highest BCUT2D eigenvalue weighted by Gasteiger charge is 2.03. The summed E-state index contributed by atoms with van der Waals surface area (Å²) in [4.78, 5) is 20.0. The Morgan fingerprint density at radius 3 is 2.81 bits per heavy atom. The summed E-state index contributed by atoms with van der Waals surface area (Å²) >= 11 is 0. The monoisotopic (exact) mass is 281 g/mol. The van der Waals surface area contributed by atoms with Crippen molar-refractivity contribution in [3.8, 4) is 6.07 Å². The van der Waals surface area contributed by atoms with Crippen molar-refractivity contribution >= 4 is 17.5 Å². The van der Waals surface area contributed by atoms with Gasteiger partial charge in [0, 0.05) is 24.9 Å². The van der Waals surface area contributed by atoms with Crippen molar-refractivity contribution in [3.05, 3.63) is 47.8 Å². The van der Waals surface area contributed by atoms with Gasteiger partial charge in [0.05, 0.1) is 5.56 Å². The van der Waals surface area contributed by atoms with Crippen molar-refractivity contribution in [1.29, 1.82) is 5.26 Å². The van der Waals surface area contributed by atoms with Gasteiger partial charge in [-0.25, -0.2) is 9.97 Å². The number of nitrogens with one attached hydrogen (secondary N) is 2. The molecule has 0 spiro atoms. The van der Waals surface area contributed by atoms with Gasteiger partial charge in [0.25, 0.3) is 0 Å². The Hall–Kier alpha value is -2.94. The Bertz CT molecular complexity index is 661. The van der Waals surface area contributed by atoms with Crippen molar-refractivity contribution < 1.29 is 4.79 Å². The van der Waals surface area contributed by atoms with Gasteiger partial charge in [-0.15, -0.1) is 0 Å². The molecule has 2 rings (SSSR count). The second-order valence-electron chi connectivity index (χ2n) is 4.43. The summed E-state index contributed by atoms with van der Waals surface area (Å²) in [5.74, 6) is 1.07. The van der Waals surface area contributed by atoms with Crippen molar-refractivity contribution in [1.82, 2.24) is 9.97 Å². The molecule has 0 bridgehead atoms. The second kappa shape index (κ2) is 7.01. The lowest BCUT2D eigenvalue weighted by atomic mass is 10.3. The fraction of sp³-hybridized carbons (Fsp3) is 0.200. The van der Waals surface area contributed by atoms with Crippen molar-refractivity contribution in [3.63, 3.8) is 0 Å². The van der Waals surface area contributed by atoms with Crippen LogP contribution in [0, 0.1) is 18.3 Å². The fourth-order valence-electron chi connectivity index (χ4n) is 1.69. The molecule has 2 N–H and O–H groups in total. The first-order valence-corrected chi connectivity index (χ1v) is 6.51. The largest absolute Gasteiger partial charge is 0.370 e. The van der Waals surface area contributed by atoms with Crippen LogP contribution in [0.1, 0.15) is 17.7 Å². The van der Waals surface area contributed by atoms with Crippen LogP contribution in [0.15, 0.2) is 36.5 Å². The molecule has 106 valence electrons. The predicted octanol–water partition coefficient (Wildman–Crippen LogP) is 2.10. The summed E-state index contributed by atoms with van der Waals surface area (Å²) in [6.07, 6.45) is 1.79. The van der Waals surface area contributed by atoms with Gasteiger partial charge < -0.3 is 10.6 Å². The van der Waals surface area contributed by atoms with E-state index in [0.717, 1.165) is 5.69 Å². The molecule has 2 aromatic heterocycles. The van der Waals surface area contributed by atoms with Gasteiger partial charge in [-0.05, 0) is 31.2 Å². The highest BCUT2D eigenvalue weighted by atomic mass is 16.1. The van der Waals surface area contributed by atoms with E-state index in [1.165, 1.54) is 6.20 Å². The molecule has 0 aliphatic rings. The first-order valence-electron chi connectivity index (χ1n) is 6.51. The van der Waals surface area contributed by atoms with Gasteiger partial charge >= 0.3 is 0 Å². The van der Waals surface area contributed by atoms with E-state index in [2.05, 4.69) is 20.6 Å². The minimum absolute atomic E-state index is 0.116. The molecule has 6 heteroatoms. The third kappa shape index (κ3) is 4.58. The SMILES string of the molecule is Cc1cccc(NC(=O)CCNc2ccc(C#N)cn2)n1. The number of hydrogen-bond acceptors (Lipinski definition) is 5. The Morgan fingerprint density at radius 1 is 1.29 bits per heavy atom. The van der Waals surface area contributed by atoms with Crippen LogP contribution in [-0.4, -0.2) is 22.4 Å². The van der Waals surface area contributed by atoms with Crippen LogP contribution in [0.25, 0.3) is 0 Å². The number of carbonyl (C=O) groups excluding carboxylic acids is 1. The third-order valence-electron chi connectivity index (χ3n) is 2.71. The molecule has 2 aromatic rings.